The fourth-order valence-electron chi connectivity index (χ4n) is 2.61. The Bertz CT molecular complexity index is 972. The van der Waals surface area contributed by atoms with Crippen molar-refractivity contribution in [3.8, 4) is 17.0 Å². The monoisotopic (exact) mass is 372 g/mol. The molecular formula is C19H18F2N4O2. The van der Waals surface area contributed by atoms with Gasteiger partial charge in [-0.2, -0.15) is 5.10 Å². The number of aromatic nitrogens is 2. The number of aromatic amines is 1. The second kappa shape index (κ2) is 7.86. The fourth-order valence-corrected chi connectivity index (χ4v) is 2.61. The number of amides is 2. The summed E-state index contributed by atoms with van der Waals surface area (Å²) >= 11 is 0. The van der Waals surface area contributed by atoms with Crippen molar-refractivity contribution in [1.29, 1.82) is 0 Å². The molecule has 0 spiro atoms. The maximum Gasteiger partial charge on any atom is 0.323 e. The summed E-state index contributed by atoms with van der Waals surface area (Å²) in [6.07, 6.45) is 0.595. The Balaban J connectivity index is 1.87. The van der Waals surface area contributed by atoms with Gasteiger partial charge in [-0.3, -0.25) is 5.10 Å². The minimum absolute atomic E-state index is 0.127. The molecular weight excluding hydrogens is 354 g/mol. The maximum absolute atomic E-state index is 13.7. The summed E-state index contributed by atoms with van der Waals surface area (Å²) < 4.78 is 32.0. The molecule has 2 amide bonds. The minimum atomic E-state index is -0.860. The van der Waals surface area contributed by atoms with E-state index < -0.39 is 17.7 Å². The highest BCUT2D eigenvalue weighted by Gasteiger charge is 2.17. The molecule has 0 aliphatic rings. The highest BCUT2D eigenvalue weighted by Crippen LogP contribution is 2.31. The number of nitrogens with one attached hydrogen (secondary N) is 3. The third-order valence-corrected chi connectivity index (χ3v) is 3.96. The van der Waals surface area contributed by atoms with Crippen molar-refractivity contribution in [3.63, 3.8) is 0 Å². The van der Waals surface area contributed by atoms with Gasteiger partial charge in [0.25, 0.3) is 0 Å². The first kappa shape index (κ1) is 18.4. The van der Waals surface area contributed by atoms with Gasteiger partial charge in [-0.15, -0.1) is 0 Å². The summed E-state index contributed by atoms with van der Waals surface area (Å²) in [7, 11) is 1.56. The first-order valence-electron chi connectivity index (χ1n) is 8.26. The molecule has 6 nitrogen and oxygen atoms in total. The molecule has 140 valence electrons. The Morgan fingerprint density at radius 1 is 1.19 bits per heavy atom. The minimum Gasteiger partial charge on any atom is -0.497 e. The molecule has 2 aromatic carbocycles. The van der Waals surface area contributed by atoms with Crippen molar-refractivity contribution in [3.05, 3.63) is 59.8 Å². The number of H-pyrrole nitrogens is 1. The largest absolute Gasteiger partial charge is 0.497 e. The Kier molecular flexibility index (Phi) is 5.35. The van der Waals surface area contributed by atoms with E-state index in [1.807, 2.05) is 19.1 Å². The van der Waals surface area contributed by atoms with E-state index in [9.17, 15) is 13.6 Å². The van der Waals surface area contributed by atoms with E-state index >= 15 is 0 Å². The lowest BCUT2D eigenvalue weighted by atomic mass is 10.1. The standard InChI is InChI=1S/C19H18F2N4O2/c1-3-15-18(17(25-24-15)11-5-4-6-13(9-11)27-2)23-19(26)22-16-8-7-12(20)10-14(16)21/h4-10H,3H2,1-2H3,(H,24,25)(H2,22,23,26). The van der Waals surface area contributed by atoms with Crippen molar-refractivity contribution in [2.24, 2.45) is 0 Å². The molecule has 0 atom stereocenters. The van der Waals surface area contributed by atoms with Crippen molar-refractivity contribution in [2.45, 2.75) is 13.3 Å². The maximum atomic E-state index is 13.7. The van der Waals surface area contributed by atoms with Crippen LogP contribution in [0.15, 0.2) is 42.5 Å². The molecule has 0 aliphatic heterocycles. The number of aryl methyl sites for hydroxylation is 1. The van der Waals surface area contributed by atoms with Gasteiger partial charge in [0.2, 0.25) is 0 Å². The normalized spacial score (nSPS) is 10.5. The Morgan fingerprint density at radius 2 is 2.00 bits per heavy atom. The van der Waals surface area contributed by atoms with Crippen molar-refractivity contribution >= 4 is 17.4 Å². The Morgan fingerprint density at radius 3 is 2.70 bits per heavy atom. The lowest BCUT2D eigenvalue weighted by Crippen LogP contribution is -2.21. The van der Waals surface area contributed by atoms with E-state index in [0.29, 0.717) is 35.3 Å². The zero-order chi connectivity index (χ0) is 19.4. The van der Waals surface area contributed by atoms with Gasteiger partial charge in [-0.05, 0) is 30.7 Å². The van der Waals surface area contributed by atoms with E-state index in [0.717, 1.165) is 17.7 Å². The van der Waals surface area contributed by atoms with Gasteiger partial charge in [0, 0.05) is 11.6 Å². The van der Waals surface area contributed by atoms with Gasteiger partial charge < -0.3 is 15.4 Å². The van der Waals surface area contributed by atoms with Crippen LogP contribution in [0.25, 0.3) is 11.3 Å². The summed E-state index contributed by atoms with van der Waals surface area (Å²) in [6.45, 7) is 1.91. The molecule has 0 saturated heterocycles. The van der Waals surface area contributed by atoms with Crippen LogP contribution >= 0.6 is 0 Å². The van der Waals surface area contributed by atoms with Gasteiger partial charge in [0.15, 0.2) is 0 Å². The number of nitrogens with zero attached hydrogens (tertiary/aromatic N) is 1. The number of methoxy groups -OCH3 is 1. The van der Waals surface area contributed by atoms with E-state index in [1.54, 1.807) is 19.2 Å². The second-order valence-corrected chi connectivity index (χ2v) is 5.71. The molecule has 8 heteroatoms. The van der Waals surface area contributed by atoms with E-state index in [1.165, 1.54) is 0 Å². The number of carbonyl (C=O) groups excluding carboxylic acids is 1. The van der Waals surface area contributed by atoms with Crippen LogP contribution in [0.5, 0.6) is 5.75 Å². The lowest BCUT2D eigenvalue weighted by molar-refractivity contribution is 0.262. The Labute approximate surface area is 154 Å². The molecule has 0 unspecified atom stereocenters. The van der Waals surface area contributed by atoms with Crippen molar-refractivity contribution in [2.75, 3.05) is 17.7 Å². The van der Waals surface area contributed by atoms with Gasteiger partial charge in [-0.1, -0.05) is 19.1 Å². The lowest BCUT2D eigenvalue weighted by Gasteiger charge is -2.10. The second-order valence-electron chi connectivity index (χ2n) is 5.71. The summed E-state index contributed by atoms with van der Waals surface area (Å²) in [5.74, 6) is -0.930. The fraction of sp³-hybridized carbons (Fsp3) is 0.158. The SMILES string of the molecule is CCc1[nH]nc(-c2cccc(OC)c2)c1NC(=O)Nc1ccc(F)cc1F. The molecule has 1 heterocycles. The highest BCUT2D eigenvalue weighted by atomic mass is 19.1. The summed E-state index contributed by atoms with van der Waals surface area (Å²) in [6, 6.07) is 9.49. The number of rotatable bonds is 5. The zero-order valence-corrected chi connectivity index (χ0v) is 14.8. The number of hydrogen-bond donors (Lipinski definition) is 3. The number of benzene rings is 2. The average Bonchev–Trinajstić information content (AvgIpc) is 3.06. The predicted molar refractivity (Wildman–Crippen MR) is 99.0 cm³/mol. The van der Waals surface area contributed by atoms with Crippen molar-refractivity contribution in [1.82, 2.24) is 10.2 Å². The molecule has 0 bridgehead atoms. The van der Waals surface area contributed by atoms with Crippen LogP contribution in [0.3, 0.4) is 0 Å². The molecule has 0 fully saturated rings. The van der Waals surface area contributed by atoms with Gasteiger partial charge >= 0.3 is 6.03 Å². The van der Waals surface area contributed by atoms with E-state index in [4.69, 9.17) is 4.74 Å². The summed E-state index contributed by atoms with van der Waals surface area (Å²) in [5, 5.41) is 12.2. The number of hydrogen-bond acceptors (Lipinski definition) is 3. The molecule has 3 N–H and O–H groups in total. The van der Waals surface area contributed by atoms with E-state index in [2.05, 4.69) is 20.8 Å². The molecule has 1 aromatic heterocycles. The highest BCUT2D eigenvalue weighted by molar-refractivity contribution is 6.02. The quantitative estimate of drug-likeness (QED) is 0.614. The number of anilines is 2. The summed E-state index contributed by atoms with van der Waals surface area (Å²) in [4.78, 5) is 12.3. The van der Waals surface area contributed by atoms with Gasteiger partial charge in [0.1, 0.15) is 23.1 Å². The van der Waals surface area contributed by atoms with Crippen LogP contribution < -0.4 is 15.4 Å². The Hall–Kier alpha value is -3.42. The van der Waals surface area contributed by atoms with Crippen molar-refractivity contribution < 1.29 is 18.3 Å². The molecule has 0 radical (unpaired) electrons. The molecule has 0 aliphatic carbocycles. The first-order valence-corrected chi connectivity index (χ1v) is 8.26. The molecule has 3 aromatic rings. The van der Waals surface area contributed by atoms with Crippen LogP contribution in [0.1, 0.15) is 12.6 Å². The number of halogens is 2. The average molecular weight is 372 g/mol. The van der Waals surface area contributed by atoms with Crippen LogP contribution in [-0.2, 0) is 6.42 Å². The topological polar surface area (TPSA) is 79.0 Å². The summed E-state index contributed by atoms with van der Waals surface area (Å²) in [5.41, 5.74) is 2.33. The molecule has 27 heavy (non-hydrogen) atoms. The smallest absolute Gasteiger partial charge is 0.323 e. The number of carbonyl (C=O) groups is 1. The van der Waals surface area contributed by atoms with E-state index in [-0.39, 0.29) is 5.69 Å². The number of ether oxygens (including phenoxy) is 1. The molecule has 0 saturated carbocycles. The van der Waals surface area contributed by atoms with Crippen LogP contribution in [0.2, 0.25) is 0 Å². The number of urea groups is 1. The predicted octanol–water partition coefficient (Wildman–Crippen LogP) is 4.57. The van der Waals surface area contributed by atoms with Crippen LogP contribution in [0.4, 0.5) is 25.0 Å². The third-order valence-electron chi connectivity index (χ3n) is 3.96. The first-order chi connectivity index (χ1) is 13.0. The third kappa shape index (κ3) is 4.05. The van der Waals surface area contributed by atoms with Crippen LogP contribution in [-0.4, -0.2) is 23.3 Å². The zero-order valence-electron chi connectivity index (χ0n) is 14.8. The van der Waals surface area contributed by atoms with Crippen LogP contribution in [0, 0.1) is 11.6 Å². The van der Waals surface area contributed by atoms with Gasteiger partial charge in [-0.25, -0.2) is 13.6 Å². The van der Waals surface area contributed by atoms with Gasteiger partial charge in [0.05, 0.1) is 24.2 Å². The molecule has 3 rings (SSSR count).